The maximum Gasteiger partial charge on any atom is 0.324 e. The zero-order valence-corrected chi connectivity index (χ0v) is 20.0. The number of aryl methyl sites for hydroxylation is 1. The Bertz CT molecular complexity index is 1300. The first kappa shape index (κ1) is 24.0. The Hall–Kier alpha value is -4.10. The summed E-state index contributed by atoms with van der Waals surface area (Å²) in [6, 6.07) is 25.7. The lowest BCUT2D eigenvalue weighted by atomic mass is 10.1. The second-order valence-electron chi connectivity index (χ2n) is 7.75. The summed E-state index contributed by atoms with van der Waals surface area (Å²) in [6.45, 7) is 2.15. The molecule has 0 fully saturated rings. The molecule has 3 aromatic carbocycles. The van der Waals surface area contributed by atoms with Gasteiger partial charge in [-0.3, -0.25) is 10.1 Å². The molecule has 0 aliphatic heterocycles. The molecule has 2 amide bonds. The first-order valence-corrected chi connectivity index (χ1v) is 11.6. The summed E-state index contributed by atoms with van der Waals surface area (Å²) < 4.78 is 6.71. The molecule has 4 aromatic rings. The van der Waals surface area contributed by atoms with Crippen molar-refractivity contribution in [1.29, 1.82) is 0 Å². The molecule has 1 aromatic heterocycles. The van der Waals surface area contributed by atoms with Crippen molar-refractivity contribution in [2.75, 3.05) is 17.2 Å². The van der Waals surface area contributed by atoms with Gasteiger partial charge in [0, 0.05) is 28.8 Å². The number of nitrogens with zero attached hydrogens (tertiary/aromatic N) is 2. The average Bonchev–Trinajstić information content (AvgIpc) is 3.29. The molecule has 2 N–H and O–H groups in total. The summed E-state index contributed by atoms with van der Waals surface area (Å²) in [4.78, 5) is 24.5. The molecule has 0 unspecified atom stereocenters. The summed E-state index contributed by atoms with van der Waals surface area (Å²) >= 11 is 5.93. The number of ether oxygens (including phenoxy) is 1. The molecule has 0 aliphatic carbocycles. The standard InChI is InChI=1S/C27H25ClN4O3/c1-2-35-26(33)16-11-19-7-6-10-23(17-19)32-25(18-24(31-32)20-8-4-3-5-9-20)30-27(34)29-22-14-12-21(28)13-15-22/h3-10,12-15,17-18H,2,11,16H2,1H3,(H2,29,30,34). The quantitative estimate of drug-likeness (QED) is 0.284. The second-order valence-corrected chi connectivity index (χ2v) is 8.19. The van der Waals surface area contributed by atoms with Crippen LogP contribution in [0.4, 0.5) is 16.3 Å². The fourth-order valence-electron chi connectivity index (χ4n) is 3.55. The molecule has 0 spiro atoms. The Balaban J connectivity index is 1.61. The summed E-state index contributed by atoms with van der Waals surface area (Å²) in [5.41, 5.74) is 3.97. The number of amides is 2. The highest BCUT2D eigenvalue weighted by Gasteiger charge is 2.15. The van der Waals surface area contributed by atoms with Crippen LogP contribution in [0.2, 0.25) is 5.02 Å². The molecular weight excluding hydrogens is 464 g/mol. The monoisotopic (exact) mass is 488 g/mol. The molecule has 7 nitrogen and oxygen atoms in total. The highest BCUT2D eigenvalue weighted by molar-refractivity contribution is 6.30. The van der Waals surface area contributed by atoms with Gasteiger partial charge in [-0.25, -0.2) is 9.48 Å². The van der Waals surface area contributed by atoms with E-state index in [4.69, 9.17) is 21.4 Å². The minimum absolute atomic E-state index is 0.232. The number of anilines is 2. The van der Waals surface area contributed by atoms with Crippen LogP contribution >= 0.6 is 11.6 Å². The third-order valence-corrected chi connectivity index (χ3v) is 5.45. The fourth-order valence-corrected chi connectivity index (χ4v) is 3.68. The maximum absolute atomic E-state index is 12.8. The van der Waals surface area contributed by atoms with Crippen molar-refractivity contribution in [3.8, 4) is 16.9 Å². The molecule has 0 atom stereocenters. The normalized spacial score (nSPS) is 10.6. The van der Waals surface area contributed by atoms with Crippen molar-refractivity contribution in [3.63, 3.8) is 0 Å². The number of carbonyl (C=O) groups is 2. The van der Waals surface area contributed by atoms with Crippen molar-refractivity contribution < 1.29 is 14.3 Å². The van der Waals surface area contributed by atoms with Gasteiger partial charge in [0.1, 0.15) is 5.82 Å². The van der Waals surface area contributed by atoms with E-state index >= 15 is 0 Å². The molecule has 0 saturated carbocycles. The molecular formula is C27H25ClN4O3. The summed E-state index contributed by atoms with van der Waals surface area (Å²) in [7, 11) is 0. The van der Waals surface area contributed by atoms with E-state index in [1.54, 1.807) is 35.9 Å². The van der Waals surface area contributed by atoms with Gasteiger partial charge in [0.25, 0.3) is 0 Å². The Morgan fingerprint density at radius 3 is 2.46 bits per heavy atom. The van der Waals surface area contributed by atoms with Crippen LogP contribution in [-0.4, -0.2) is 28.4 Å². The topological polar surface area (TPSA) is 85.2 Å². The lowest BCUT2D eigenvalue weighted by Crippen LogP contribution is -2.21. The number of esters is 1. The average molecular weight is 489 g/mol. The number of hydrogen-bond acceptors (Lipinski definition) is 4. The summed E-state index contributed by atoms with van der Waals surface area (Å²) in [5.74, 6) is 0.266. The van der Waals surface area contributed by atoms with E-state index < -0.39 is 6.03 Å². The number of aromatic nitrogens is 2. The van der Waals surface area contributed by atoms with E-state index in [1.165, 1.54) is 0 Å². The van der Waals surface area contributed by atoms with Crippen LogP contribution in [0.3, 0.4) is 0 Å². The van der Waals surface area contributed by atoms with E-state index in [0.29, 0.717) is 41.7 Å². The van der Waals surface area contributed by atoms with Gasteiger partial charge in [-0.15, -0.1) is 0 Å². The van der Waals surface area contributed by atoms with Crippen LogP contribution in [0, 0.1) is 0 Å². The van der Waals surface area contributed by atoms with Crippen molar-refractivity contribution in [2.24, 2.45) is 0 Å². The minimum atomic E-state index is -0.411. The van der Waals surface area contributed by atoms with Crippen LogP contribution in [0.1, 0.15) is 18.9 Å². The summed E-state index contributed by atoms with van der Waals surface area (Å²) in [5, 5.41) is 11.0. The van der Waals surface area contributed by atoms with Gasteiger partial charge in [0.15, 0.2) is 0 Å². The second kappa shape index (κ2) is 11.4. The zero-order valence-electron chi connectivity index (χ0n) is 19.2. The number of rotatable bonds is 8. The summed E-state index contributed by atoms with van der Waals surface area (Å²) in [6.07, 6.45) is 0.833. The van der Waals surface area contributed by atoms with Crippen molar-refractivity contribution in [2.45, 2.75) is 19.8 Å². The van der Waals surface area contributed by atoms with Gasteiger partial charge < -0.3 is 10.1 Å². The van der Waals surface area contributed by atoms with Crippen LogP contribution in [0.5, 0.6) is 0 Å². The van der Waals surface area contributed by atoms with Crippen molar-refractivity contribution >= 4 is 35.1 Å². The van der Waals surface area contributed by atoms with Gasteiger partial charge in [-0.05, 0) is 55.3 Å². The Labute approximate surface area is 208 Å². The van der Waals surface area contributed by atoms with E-state index in [-0.39, 0.29) is 5.97 Å². The number of urea groups is 1. The first-order chi connectivity index (χ1) is 17.0. The Morgan fingerprint density at radius 1 is 0.943 bits per heavy atom. The largest absolute Gasteiger partial charge is 0.466 e. The Kier molecular flexibility index (Phi) is 7.80. The van der Waals surface area contributed by atoms with E-state index in [0.717, 1.165) is 16.8 Å². The molecule has 8 heteroatoms. The number of carbonyl (C=O) groups excluding carboxylic acids is 2. The van der Waals surface area contributed by atoms with Crippen molar-refractivity contribution in [1.82, 2.24) is 9.78 Å². The molecule has 0 radical (unpaired) electrons. The minimum Gasteiger partial charge on any atom is -0.466 e. The third kappa shape index (κ3) is 6.49. The number of benzene rings is 3. The SMILES string of the molecule is CCOC(=O)CCc1cccc(-n2nc(-c3ccccc3)cc2NC(=O)Nc2ccc(Cl)cc2)c1. The van der Waals surface area contributed by atoms with E-state index in [1.807, 2.05) is 60.7 Å². The number of nitrogens with one attached hydrogen (secondary N) is 2. The van der Waals surface area contributed by atoms with Gasteiger partial charge in [0.2, 0.25) is 0 Å². The van der Waals surface area contributed by atoms with Crippen LogP contribution in [0.15, 0.2) is 84.9 Å². The number of hydrogen-bond donors (Lipinski definition) is 2. The van der Waals surface area contributed by atoms with Crippen LogP contribution in [0.25, 0.3) is 16.9 Å². The van der Waals surface area contributed by atoms with Gasteiger partial charge in [0.05, 0.1) is 18.0 Å². The smallest absolute Gasteiger partial charge is 0.324 e. The molecule has 178 valence electrons. The Morgan fingerprint density at radius 2 is 1.71 bits per heavy atom. The van der Waals surface area contributed by atoms with Crippen LogP contribution in [-0.2, 0) is 16.0 Å². The van der Waals surface area contributed by atoms with E-state index in [2.05, 4.69) is 10.6 Å². The maximum atomic E-state index is 12.8. The van der Waals surface area contributed by atoms with Gasteiger partial charge in [-0.1, -0.05) is 54.1 Å². The van der Waals surface area contributed by atoms with Crippen LogP contribution < -0.4 is 10.6 Å². The molecule has 0 saturated heterocycles. The lowest BCUT2D eigenvalue weighted by Gasteiger charge is -2.11. The lowest BCUT2D eigenvalue weighted by molar-refractivity contribution is -0.143. The highest BCUT2D eigenvalue weighted by atomic mass is 35.5. The molecule has 0 aliphatic rings. The molecule has 0 bridgehead atoms. The fraction of sp³-hybridized carbons (Fsp3) is 0.148. The molecule has 35 heavy (non-hydrogen) atoms. The van der Waals surface area contributed by atoms with Crippen molar-refractivity contribution in [3.05, 3.63) is 95.5 Å². The van der Waals surface area contributed by atoms with Gasteiger partial charge in [-0.2, -0.15) is 5.10 Å². The van der Waals surface area contributed by atoms with Gasteiger partial charge >= 0.3 is 12.0 Å². The third-order valence-electron chi connectivity index (χ3n) is 5.20. The molecule has 4 rings (SSSR count). The zero-order chi connectivity index (χ0) is 24.6. The predicted octanol–water partition coefficient (Wildman–Crippen LogP) is 6.33. The highest BCUT2D eigenvalue weighted by Crippen LogP contribution is 2.26. The van der Waals surface area contributed by atoms with E-state index in [9.17, 15) is 9.59 Å². The molecule has 1 heterocycles. The predicted molar refractivity (Wildman–Crippen MR) is 138 cm³/mol. The first-order valence-electron chi connectivity index (χ1n) is 11.3. The number of halogens is 1.